The van der Waals surface area contributed by atoms with Gasteiger partial charge in [-0.15, -0.1) is 0 Å². The fraction of sp³-hybridized carbons (Fsp3) is 0.211. The molecule has 1 heterocycles. The third-order valence-electron chi connectivity index (χ3n) is 3.86. The summed E-state index contributed by atoms with van der Waals surface area (Å²) in [6, 6.07) is 14.1. The highest BCUT2D eigenvalue weighted by Gasteiger charge is 2.08. The van der Waals surface area contributed by atoms with Gasteiger partial charge in [0.1, 0.15) is 17.3 Å². The number of aryl methyl sites for hydroxylation is 1. The summed E-state index contributed by atoms with van der Waals surface area (Å²) in [4.78, 5) is 4.64. The van der Waals surface area contributed by atoms with Crippen LogP contribution in [0, 0.1) is 6.92 Å². The van der Waals surface area contributed by atoms with Crippen molar-refractivity contribution in [2.24, 2.45) is 0 Å². The normalized spacial score (nSPS) is 10.7. The van der Waals surface area contributed by atoms with Gasteiger partial charge < -0.3 is 14.8 Å². The predicted molar refractivity (Wildman–Crippen MR) is 101 cm³/mol. The molecule has 24 heavy (non-hydrogen) atoms. The van der Waals surface area contributed by atoms with Crippen molar-refractivity contribution in [1.82, 2.24) is 4.98 Å². The SMILES string of the molecule is COc1ccc(CNc2nc(C)cc3cc(Br)ccc23)c(OC)c1. The van der Waals surface area contributed by atoms with Gasteiger partial charge in [-0.05, 0) is 48.7 Å². The summed E-state index contributed by atoms with van der Waals surface area (Å²) in [7, 11) is 3.31. The lowest BCUT2D eigenvalue weighted by Gasteiger charge is -2.13. The third-order valence-corrected chi connectivity index (χ3v) is 4.36. The molecule has 0 aliphatic rings. The maximum Gasteiger partial charge on any atom is 0.134 e. The Hall–Kier alpha value is -2.27. The molecule has 0 aliphatic heterocycles. The third kappa shape index (κ3) is 3.46. The van der Waals surface area contributed by atoms with Crippen LogP contribution in [0.25, 0.3) is 10.8 Å². The van der Waals surface area contributed by atoms with E-state index in [-0.39, 0.29) is 0 Å². The topological polar surface area (TPSA) is 43.4 Å². The number of halogens is 1. The van der Waals surface area contributed by atoms with Crippen molar-refractivity contribution in [3.8, 4) is 11.5 Å². The average Bonchev–Trinajstić information content (AvgIpc) is 2.58. The average molecular weight is 387 g/mol. The predicted octanol–water partition coefficient (Wildman–Crippen LogP) is 4.94. The van der Waals surface area contributed by atoms with Crippen LogP contribution in [0.4, 0.5) is 5.82 Å². The van der Waals surface area contributed by atoms with Crippen molar-refractivity contribution in [2.45, 2.75) is 13.5 Å². The molecule has 1 aromatic heterocycles. The summed E-state index contributed by atoms with van der Waals surface area (Å²) < 4.78 is 11.8. The molecule has 0 amide bonds. The second kappa shape index (κ2) is 7.09. The Labute approximate surface area is 149 Å². The van der Waals surface area contributed by atoms with Crippen LogP contribution in [0.15, 0.2) is 46.9 Å². The molecule has 0 radical (unpaired) electrons. The number of methoxy groups -OCH3 is 2. The fourth-order valence-corrected chi connectivity index (χ4v) is 3.05. The van der Waals surface area contributed by atoms with Crippen molar-refractivity contribution >= 4 is 32.5 Å². The van der Waals surface area contributed by atoms with Crippen LogP contribution in [0.1, 0.15) is 11.3 Å². The van der Waals surface area contributed by atoms with Crippen LogP contribution in [-0.2, 0) is 6.54 Å². The quantitative estimate of drug-likeness (QED) is 0.674. The van der Waals surface area contributed by atoms with Crippen LogP contribution < -0.4 is 14.8 Å². The highest BCUT2D eigenvalue weighted by molar-refractivity contribution is 9.10. The Bertz CT molecular complexity index is 875. The minimum atomic E-state index is 0.620. The van der Waals surface area contributed by atoms with Gasteiger partial charge in [0.2, 0.25) is 0 Å². The first kappa shape index (κ1) is 16.6. The Morgan fingerprint density at radius 3 is 2.62 bits per heavy atom. The maximum atomic E-state index is 5.46. The molecule has 0 saturated heterocycles. The van der Waals surface area contributed by atoms with Crippen LogP contribution >= 0.6 is 15.9 Å². The zero-order valence-corrected chi connectivity index (χ0v) is 15.5. The number of nitrogens with one attached hydrogen (secondary N) is 1. The molecule has 0 saturated carbocycles. The first-order chi connectivity index (χ1) is 11.6. The number of ether oxygens (including phenoxy) is 2. The zero-order valence-electron chi connectivity index (χ0n) is 13.9. The van der Waals surface area contributed by atoms with E-state index in [9.17, 15) is 0 Å². The number of fused-ring (bicyclic) bond motifs is 1. The van der Waals surface area contributed by atoms with Crippen molar-refractivity contribution in [1.29, 1.82) is 0 Å². The minimum absolute atomic E-state index is 0.620. The Morgan fingerprint density at radius 2 is 1.88 bits per heavy atom. The number of nitrogens with zero attached hydrogens (tertiary/aromatic N) is 1. The first-order valence-electron chi connectivity index (χ1n) is 7.62. The Balaban J connectivity index is 1.91. The molecule has 0 fully saturated rings. The molecule has 124 valence electrons. The van der Waals surface area contributed by atoms with Crippen molar-refractivity contribution < 1.29 is 9.47 Å². The number of hydrogen-bond acceptors (Lipinski definition) is 4. The van der Waals surface area contributed by atoms with Crippen LogP contribution in [0.3, 0.4) is 0 Å². The number of anilines is 1. The second-order valence-electron chi connectivity index (χ2n) is 5.51. The molecule has 0 atom stereocenters. The van der Waals surface area contributed by atoms with E-state index in [1.54, 1.807) is 14.2 Å². The van der Waals surface area contributed by atoms with E-state index in [0.29, 0.717) is 6.54 Å². The maximum absolute atomic E-state index is 5.46. The molecule has 5 heteroatoms. The van der Waals surface area contributed by atoms with Crippen LogP contribution in [0.2, 0.25) is 0 Å². The summed E-state index contributed by atoms with van der Waals surface area (Å²) in [6.45, 7) is 2.62. The number of aromatic nitrogens is 1. The fourth-order valence-electron chi connectivity index (χ4n) is 2.67. The summed E-state index contributed by atoms with van der Waals surface area (Å²) in [5, 5.41) is 5.68. The van der Waals surface area contributed by atoms with Gasteiger partial charge in [0, 0.05) is 33.7 Å². The lowest BCUT2D eigenvalue weighted by atomic mass is 10.1. The molecule has 3 aromatic rings. The zero-order chi connectivity index (χ0) is 17.1. The number of benzene rings is 2. The largest absolute Gasteiger partial charge is 0.497 e. The Morgan fingerprint density at radius 1 is 1.04 bits per heavy atom. The molecule has 4 nitrogen and oxygen atoms in total. The smallest absolute Gasteiger partial charge is 0.134 e. The number of rotatable bonds is 5. The van der Waals surface area contributed by atoms with Gasteiger partial charge in [0.25, 0.3) is 0 Å². The first-order valence-corrected chi connectivity index (χ1v) is 8.41. The van der Waals surface area contributed by atoms with E-state index in [0.717, 1.165) is 43.8 Å². The van der Waals surface area contributed by atoms with E-state index < -0.39 is 0 Å². The minimum Gasteiger partial charge on any atom is -0.497 e. The molecule has 0 aliphatic carbocycles. The van der Waals surface area contributed by atoms with Gasteiger partial charge in [-0.3, -0.25) is 0 Å². The van der Waals surface area contributed by atoms with Crippen molar-refractivity contribution in [3.63, 3.8) is 0 Å². The lowest BCUT2D eigenvalue weighted by Crippen LogP contribution is -2.04. The second-order valence-corrected chi connectivity index (χ2v) is 6.42. The molecular formula is C19H19BrN2O2. The summed E-state index contributed by atoms with van der Waals surface area (Å²) in [6.07, 6.45) is 0. The van der Waals surface area contributed by atoms with E-state index in [2.05, 4.69) is 44.4 Å². The van der Waals surface area contributed by atoms with Gasteiger partial charge >= 0.3 is 0 Å². The van der Waals surface area contributed by atoms with Crippen LogP contribution in [0.5, 0.6) is 11.5 Å². The van der Waals surface area contributed by atoms with Gasteiger partial charge in [-0.2, -0.15) is 0 Å². The highest BCUT2D eigenvalue weighted by Crippen LogP contribution is 2.28. The summed E-state index contributed by atoms with van der Waals surface area (Å²) in [5.74, 6) is 2.44. The molecule has 2 aromatic carbocycles. The Kier molecular flexibility index (Phi) is 4.90. The van der Waals surface area contributed by atoms with Gasteiger partial charge in [-0.25, -0.2) is 4.98 Å². The molecule has 0 unspecified atom stereocenters. The van der Waals surface area contributed by atoms with Gasteiger partial charge in [-0.1, -0.05) is 15.9 Å². The van der Waals surface area contributed by atoms with E-state index in [4.69, 9.17) is 9.47 Å². The van der Waals surface area contributed by atoms with Gasteiger partial charge in [0.15, 0.2) is 0 Å². The standard InChI is InChI=1S/C19H19BrN2O2/c1-12-8-14-9-15(20)5-7-17(14)19(22-12)21-11-13-4-6-16(23-2)10-18(13)24-3/h4-10H,11H2,1-3H3,(H,21,22). The molecule has 3 rings (SSSR count). The summed E-state index contributed by atoms with van der Waals surface area (Å²) in [5.41, 5.74) is 2.02. The molecule has 1 N–H and O–H groups in total. The van der Waals surface area contributed by atoms with Gasteiger partial charge in [0.05, 0.1) is 14.2 Å². The van der Waals surface area contributed by atoms with E-state index in [1.807, 2.05) is 31.2 Å². The molecular weight excluding hydrogens is 368 g/mol. The lowest BCUT2D eigenvalue weighted by molar-refractivity contribution is 0.391. The monoisotopic (exact) mass is 386 g/mol. The summed E-state index contributed by atoms with van der Waals surface area (Å²) >= 11 is 3.52. The van der Waals surface area contributed by atoms with Crippen molar-refractivity contribution in [2.75, 3.05) is 19.5 Å². The van der Waals surface area contributed by atoms with Crippen LogP contribution in [-0.4, -0.2) is 19.2 Å². The molecule has 0 bridgehead atoms. The highest BCUT2D eigenvalue weighted by atomic mass is 79.9. The van der Waals surface area contributed by atoms with E-state index >= 15 is 0 Å². The van der Waals surface area contributed by atoms with E-state index in [1.165, 1.54) is 0 Å². The number of pyridine rings is 1. The number of hydrogen-bond donors (Lipinski definition) is 1. The molecule has 0 spiro atoms. The van der Waals surface area contributed by atoms with Crippen molar-refractivity contribution in [3.05, 3.63) is 58.2 Å².